The monoisotopic (exact) mass is 327 g/mol. The number of amides is 2. The van der Waals surface area contributed by atoms with E-state index in [9.17, 15) is 9.59 Å². The topological polar surface area (TPSA) is 88.4 Å². The van der Waals surface area contributed by atoms with E-state index in [0.717, 1.165) is 18.6 Å². The molecule has 1 saturated heterocycles. The summed E-state index contributed by atoms with van der Waals surface area (Å²) in [4.78, 5) is 28.3. The Balaban J connectivity index is 1.58. The number of aromatic nitrogens is 1. The number of rotatable bonds is 5. The van der Waals surface area contributed by atoms with Crippen LogP contribution in [0.5, 0.6) is 5.75 Å². The van der Waals surface area contributed by atoms with Gasteiger partial charge in [0.1, 0.15) is 11.4 Å². The summed E-state index contributed by atoms with van der Waals surface area (Å²) in [7, 11) is 0. The van der Waals surface area contributed by atoms with Crippen LogP contribution in [0.3, 0.4) is 0 Å². The van der Waals surface area contributed by atoms with Crippen molar-refractivity contribution in [3.8, 4) is 5.75 Å². The van der Waals surface area contributed by atoms with Crippen LogP contribution < -0.4 is 10.5 Å². The van der Waals surface area contributed by atoms with E-state index in [4.69, 9.17) is 10.5 Å². The highest BCUT2D eigenvalue weighted by atomic mass is 16.5. The summed E-state index contributed by atoms with van der Waals surface area (Å²) in [5.41, 5.74) is 5.94. The Kier molecular flexibility index (Phi) is 4.84. The van der Waals surface area contributed by atoms with Crippen molar-refractivity contribution in [3.63, 3.8) is 0 Å². The summed E-state index contributed by atoms with van der Waals surface area (Å²) in [5.74, 6) is 0.495. The maximum Gasteiger partial charge on any atom is 0.270 e. The first-order valence-electron chi connectivity index (χ1n) is 8.09. The van der Waals surface area contributed by atoms with Crippen LogP contribution in [0.4, 0.5) is 0 Å². The molecule has 2 heterocycles. The number of nitrogens with two attached hydrogens (primary N) is 1. The van der Waals surface area contributed by atoms with Gasteiger partial charge in [0, 0.05) is 25.2 Å². The van der Waals surface area contributed by atoms with Crippen LogP contribution in [0.1, 0.15) is 33.7 Å². The van der Waals surface area contributed by atoms with E-state index >= 15 is 0 Å². The van der Waals surface area contributed by atoms with Crippen molar-refractivity contribution in [3.05, 3.63) is 53.9 Å². The zero-order valence-electron chi connectivity index (χ0n) is 13.4. The number of ether oxygens (including phenoxy) is 1. The van der Waals surface area contributed by atoms with Crippen LogP contribution >= 0.6 is 0 Å². The first kappa shape index (κ1) is 16.1. The summed E-state index contributed by atoms with van der Waals surface area (Å²) in [5, 5.41) is 0. The SMILES string of the molecule is NC(=O)c1c[nH]c(C(=O)N2CCCC(COc3ccccc3)C2)c1. The molecule has 1 fully saturated rings. The number of carbonyl (C=O) groups excluding carboxylic acids is 2. The van der Waals surface area contributed by atoms with Gasteiger partial charge in [-0.25, -0.2) is 0 Å². The van der Waals surface area contributed by atoms with Crippen molar-refractivity contribution in [1.29, 1.82) is 0 Å². The molecule has 0 saturated carbocycles. The molecule has 126 valence electrons. The molecular formula is C18H21N3O3. The van der Waals surface area contributed by atoms with E-state index in [1.807, 2.05) is 30.3 Å². The van der Waals surface area contributed by atoms with E-state index in [1.165, 1.54) is 12.3 Å². The van der Waals surface area contributed by atoms with Crippen molar-refractivity contribution in [1.82, 2.24) is 9.88 Å². The minimum Gasteiger partial charge on any atom is -0.493 e. The number of nitrogens with zero attached hydrogens (tertiary/aromatic N) is 1. The van der Waals surface area contributed by atoms with Gasteiger partial charge in [-0.2, -0.15) is 0 Å². The number of para-hydroxylation sites is 1. The van der Waals surface area contributed by atoms with Crippen LogP contribution in [0.25, 0.3) is 0 Å². The highest BCUT2D eigenvalue weighted by Gasteiger charge is 2.26. The van der Waals surface area contributed by atoms with Gasteiger partial charge in [0.2, 0.25) is 5.91 Å². The molecule has 2 amide bonds. The molecule has 24 heavy (non-hydrogen) atoms. The van der Waals surface area contributed by atoms with E-state index in [1.54, 1.807) is 4.90 Å². The van der Waals surface area contributed by atoms with E-state index < -0.39 is 5.91 Å². The average molecular weight is 327 g/mol. The van der Waals surface area contributed by atoms with Gasteiger partial charge < -0.3 is 20.4 Å². The second kappa shape index (κ2) is 7.21. The van der Waals surface area contributed by atoms with Gasteiger partial charge in [-0.1, -0.05) is 18.2 Å². The Hall–Kier alpha value is -2.76. The lowest BCUT2D eigenvalue weighted by Gasteiger charge is -2.32. The van der Waals surface area contributed by atoms with E-state index in [0.29, 0.717) is 36.9 Å². The first-order valence-corrected chi connectivity index (χ1v) is 8.09. The molecule has 1 aromatic heterocycles. The van der Waals surface area contributed by atoms with Gasteiger partial charge in [-0.05, 0) is 31.0 Å². The largest absolute Gasteiger partial charge is 0.493 e. The highest BCUT2D eigenvalue weighted by molar-refractivity contribution is 5.98. The Morgan fingerprint density at radius 2 is 2.08 bits per heavy atom. The maximum absolute atomic E-state index is 12.6. The fourth-order valence-electron chi connectivity index (χ4n) is 2.95. The smallest absolute Gasteiger partial charge is 0.270 e. The predicted octanol–water partition coefficient (Wildman–Crippen LogP) is 2.04. The Labute approximate surface area is 140 Å². The number of hydrogen-bond acceptors (Lipinski definition) is 3. The van der Waals surface area contributed by atoms with Crippen molar-refractivity contribution in [2.24, 2.45) is 11.7 Å². The second-order valence-corrected chi connectivity index (χ2v) is 6.05. The molecule has 6 heteroatoms. The molecule has 3 N–H and O–H groups in total. The van der Waals surface area contributed by atoms with Crippen molar-refractivity contribution < 1.29 is 14.3 Å². The first-order chi connectivity index (χ1) is 11.6. The number of piperidine rings is 1. The fraction of sp³-hybridized carbons (Fsp3) is 0.333. The molecule has 1 aliphatic rings. The average Bonchev–Trinajstić information content (AvgIpc) is 3.11. The molecule has 3 rings (SSSR count). The van der Waals surface area contributed by atoms with Crippen LogP contribution in [0.2, 0.25) is 0 Å². The normalized spacial score (nSPS) is 17.5. The maximum atomic E-state index is 12.6. The zero-order valence-corrected chi connectivity index (χ0v) is 13.4. The standard InChI is InChI=1S/C18H21N3O3/c19-17(22)14-9-16(20-10-14)18(23)21-8-4-5-13(11-21)12-24-15-6-2-1-3-7-15/h1-3,6-7,9-10,13,20H,4-5,8,11-12H2,(H2,19,22). The predicted molar refractivity (Wildman–Crippen MR) is 89.9 cm³/mol. The summed E-state index contributed by atoms with van der Waals surface area (Å²) in [6, 6.07) is 11.2. The van der Waals surface area contributed by atoms with Crippen molar-refractivity contribution in [2.75, 3.05) is 19.7 Å². The Bertz CT molecular complexity index is 711. The summed E-state index contributed by atoms with van der Waals surface area (Å²) < 4.78 is 5.81. The zero-order chi connectivity index (χ0) is 16.9. The Morgan fingerprint density at radius 1 is 1.29 bits per heavy atom. The number of nitrogens with one attached hydrogen (secondary N) is 1. The molecule has 2 aromatic rings. The lowest BCUT2D eigenvalue weighted by atomic mass is 9.98. The van der Waals surface area contributed by atoms with E-state index in [-0.39, 0.29) is 5.91 Å². The third-order valence-electron chi connectivity index (χ3n) is 4.23. The quantitative estimate of drug-likeness (QED) is 0.881. The third kappa shape index (κ3) is 3.76. The lowest BCUT2D eigenvalue weighted by Crippen LogP contribution is -2.41. The fourth-order valence-corrected chi connectivity index (χ4v) is 2.95. The van der Waals surface area contributed by atoms with Gasteiger partial charge in [0.05, 0.1) is 12.2 Å². The molecule has 0 radical (unpaired) electrons. The molecule has 1 aliphatic heterocycles. The van der Waals surface area contributed by atoms with E-state index in [2.05, 4.69) is 4.98 Å². The van der Waals surface area contributed by atoms with Crippen LogP contribution in [0, 0.1) is 5.92 Å². The molecule has 6 nitrogen and oxygen atoms in total. The number of H-pyrrole nitrogens is 1. The minimum atomic E-state index is -0.543. The third-order valence-corrected chi connectivity index (χ3v) is 4.23. The second-order valence-electron chi connectivity index (χ2n) is 6.05. The highest BCUT2D eigenvalue weighted by Crippen LogP contribution is 2.20. The molecule has 0 aliphatic carbocycles. The number of benzene rings is 1. The molecule has 1 unspecified atom stereocenters. The number of aromatic amines is 1. The van der Waals surface area contributed by atoms with Gasteiger partial charge >= 0.3 is 0 Å². The number of hydrogen-bond donors (Lipinski definition) is 2. The van der Waals surface area contributed by atoms with Gasteiger partial charge in [-0.15, -0.1) is 0 Å². The summed E-state index contributed by atoms with van der Waals surface area (Å²) in [6.07, 6.45) is 3.45. The van der Waals surface area contributed by atoms with Crippen LogP contribution in [-0.2, 0) is 0 Å². The molecule has 1 atom stereocenters. The number of primary amides is 1. The molecular weight excluding hydrogens is 306 g/mol. The summed E-state index contributed by atoms with van der Waals surface area (Å²) >= 11 is 0. The van der Waals surface area contributed by atoms with Gasteiger partial charge in [0.25, 0.3) is 5.91 Å². The molecule has 1 aromatic carbocycles. The Morgan fingerprint density at radius 3 is 2.79 bits per heavy atom. The van der Waals surface area contributed by atoms with Crippen LogP contribution in [-0.4, -0.2) is 41.4 Å². The summed E-state index contributed by atoms with van der Waals surface area (Å²) in [6.45, 7) is 1.95. The molecule has 0 spiro atoms. The van der Waals surface area contributed by atoms with Crippen molar-refractivity contribution >= 4 is 11.8 Å². The van der Waals surface area contributed by atoms with Crippen molar-refractivity contribution in [2.45, 2.75) is 12.8 Å². The van der Waals surface area contributed by atoms with Crippen LogP contribution in [0.15, 0.2) is 42.6 Å². The molecule has 0 bridgehead atoms. The number of carbonyl (C=O) groups is 2. The lowest BCUT2D eigenvalue weighted by molar-refractivity contribution is 0.0628. The van der Waals surface area contributed by atoms with Gasteiger partial charge in [0.15, 0.2) is 0 Å². The number of likely N-dealkylation sites (tertiary alicyclic amines) is 1. The van der Waals surface area contributed by atoms with Gasteiger partial charge in [-0.3, -0.25) is 9.59 Å². The minimum absolute atomic E-state index is 0.105.